The number of nitrogens with zero attached hydrogens (tertiary/aromatic N) is 1. The lowest BCUT2D eigenvalue weighted by Gasteiger charge is -2.11. The third-order valence-corrected chi connectivity index (χ3v) is 3.08. The van der Waals surface area contributed by atoms with Crippen LogP contribution in [0, 0.1) is 0 Å². The summed E-state index contributed by atoms with van der Waals surface area (Å²) in [6.45, 7) is 6.56. The van der Waals surface area contributed by atoms with Gasteiger partial charge in [-0.2, -0.15) is 0 Å². The first-order chi connectivity index (χ1) is 10.6. The maximum atomic E-state index is 11.0. The molecule has 0 bridgehead atoms. The summed E-state index contributed by atoms with van der Waals surface area (Å²) in [5, 5.41) is 0. The van der Waals surface area contributed by atoms with E-state index in [1.165, 1.54) is 0 Å². The van der Waals surface area contributed by atoms with E-state index in [1.54, 1.807) is 13.2 Å². The molecule has 0 aliphatic rings. The van der Waals surface area contributed by atoms with E-state index in [2.05, 4.69) is 4.98 Å². The number of ether oxygens (including phenoxy) is 2. The molecular weight excluding hydrogens is 294 g/mol. The lowest BCUT2D eigenvalue weighted by Crippen LogP contribution is -1.98. The van der Waals surface area contributed by atoms with Gasteiger partial charge in [0.1, 0.15) is 12.0 Å². The van der Waals surface area contributed by atoms with Crippen LogP contribution in [0.2, 0.25) is 0 Å². The fraction of sp³-hybridized carbons (Fsp3) is 0.444. The summed E-state index contributed by atoms with van der Waals surface area (Å²) in [6.07, 6.45) is 2.66. The van der Waals surface area contributed by atoms with Crippen LogP contribution >= 0.6 is 0 Å². The maximum Gasteiger partial charge on any atom is 0.226 e. The molecule has 23 heavy (non-hydrogen) atoms. The molecule has 1 aromatic carbocycles. The standard InChI is InChI=1S/C17H21NO4.CH4/c1-4-20-15-9-7-13(10-16(15)21-5-2)17-18-14(11-22-17)8-6-12(3)19;/h7,9-11H,4-6,8H2,1-3H3;1H4. The molecule has 0 aliphatic heterocycles. The van der Waals surface area contributed by atoms with Crippen LogP contribution in [0.25, 0.3) is 11.5 Å². The molecular formula is C18H25NO4. The van der Waals surface area contributed by atoms with Gasteiger partial charge in [-0.25, -0.2) is 4.98 Å². The summed E-state index contributed by atoms with van der Waals surface area (Å²) >= 11 is 0. The van der Waals surface area contributed by atoms with Crippen molar-refractivity contribution in [1.29, 1.82) is 0 Å². The molecule has 1 aromatic heterocycles. The molecule has 0 saturated carbocycles. The number of hydrogen-bond acceptors (Lipinski definition) is 5. The SMILES string of the molecule is C.CCOc1ccc(-c2nc(CCC(C)=O)co2)cc1OCC. The second kappa shape index (κ2) is 8.98. The fourth-order valence-corrected chi connectivity index (χ4v) is 2.04. The molecule has 0 saturated heterocycles. The number of oxazole rings is 1. The van der Waals surface area contributed by atoms with E-state index in [1.807, 2.05) is 32.0 Å². The number of hydrogen-bond donors (Lipinski definition) is 0. The fourth-order valence-electron chi connectivity index (χ4n) is 2.04. The normalized spacial score (nSPS) is 10.0. The van der Waals surface area contributed by atoms with Crippen molar-refractivity contribution in [3.05, 3.63) is 30.2 Å². The Morgan fingerprint density at radius 2 is 1.87 bits per heavy atom. The van der Waals surface area contributed by atoms with Gasteiger partial charge in [0.05, 0.1) is 18.9 Å². The van der Waals surface area contributed by atoms with E-state index in [9.17, 15) is 4.79 Å². The van der Waals surface area contributed by atoms with Gasteiger partial charge in [0.2, 0.25) is 5.89 Å². The molecule has 1 heterocycles. The first-order valence-corrected chi connectivity index (χ1v) is 7.47. The van der Waals surface area contributed by atoms with E-state index in [4.69, 9.17) is 13.9 Å². The molecule has 0 amide bonds. The van der Waals surface area contributed by atoms with Gasteiger partial charge >= 0.3 is 0 Å². The summed E-state index contributed by atoms with van der Waals surface area (Å²) in [5.41, 5.74) is 1.60. The predicted molar refractivity (Wildman–Crippen MR) is 90.0 cm³/mol. The summed E-state index contributed by atoms with van der Waals surface area (Å²) in [5.74, 6) is 2.04. The van der Waals surface area contributed by atoms with Gasteiger partial charge in [0.25, 0.3) is 0 Å². The first kappa shape index (κ1) is 18.7. The van der Waals surface area contributed by atoms with E-state index < -0.39 is 0 Å². The van der Waals surface area contributed by atoms with Gasteiger partial charge in [0, 0.05) is 12.0 Å². The summed E-state index contributed by atoms with van der Waals surface area (Å²) in [4.78, 5) is 15.4. The van der Waals surface area contributed by atoms with Crippen molar-refractivity contribution in [2.24, 2.45) is 0 Å². The minimum Gasteiger partial charge on any atom is -0.490 e. The highest BCUT2D eigenvalue weighted by molar-refractivity contribution is 5.75. The van der Waals surface area contributed by atoms with Crippen LogP contribution in [0.5, 0.6) is 11.5 Å². The van der Waals surface area contributed by atoms with Crippen LogP contribution in [0.15, 0.2) is 28.9 Å². The molecule has 0 radical (unpaired) electrons. The van der Waals surface area contributed by atoms with Crippen molar-refractivity contribution in [3.8, 4) is 23.0 Å². The van der Waals surface area contributed by atoms with Gasteiger partial charge in [-0.15, -0.1) is 0 Å². The van der Waals surface area contributed by atoms with E-state index >= 15 is 0 Å². The van der Waals surface area contributed by atoms with Gasteiger partial charge in [-0.05, 0) is 45.4 Å². The Labute approximate surface area is 137 Å². The lowest BCUT2D eigenvalue weighted by molar-refractivity contribution is -0.116. The minimum atomic E-state index is 0. The van der Waals surface area contributed by atoms with Crippen molar-refractivity contribution in [2.45, 2.75) is 41.0 Å². The Balaban J connectivity index is 0.00000264. The van der Waals surface area contributed by atoms with Crippen molar-refractivity contribution in [2.75, 3.05) is 13.2 Å². The Bertz CT molecular complexity index is 634. The topological polar surface area (TPSA) is 61.6 Å². The van der Waals surface area contributed by atoms with Gasteiger partial charge in [-0.3, -0.25) is 0 Å². The van der Waals surface area contributed by atoms with Crippen molar-refractivity contribution < 1.29 is 18.7 Å². The van der Waals surface area contributed by atoms with Gasteiger partial charge < -0.3 is 18.7 Å². The van der Waals surface area contributed by atoms with Crippen LogP contribution in [0.4, 0.5) is 0 Å². The predicted octanol–water partition coefficient (Wildman–Crippen LogP) is 4.30. The molecule has 5 heteroatoms. The molecule has 0 fully saturated rings. The molecule has 0 spiro atoms. The average Bonchev–Trinajstić information content (AvgIpc) is 2.96. The van der Waals surface area contributed by atoms with Crippen molar-refractivity contribution >= 4 is 5.78 Å². The zero-order valence-electron chi connectivity index (χ0n) is 13.2. The Morgan fingerprint density at radius 3 is 2.52 bits per heavy atom. The molecule has 5 nitrogen and oxygen atoms in total. The Morgan fingerprint density at radius 1 is 1.17 bits per heavy atom. The van der Waals surface area contributed by atoms with E-state index in [0.29, 0.717) is 43.4 Å². The number of benzene rings is 1. The number of aryl methyl sites for hydroxylation is 1. The van der Waals surface area contributed by atoms with Crippen LogP contribution in [0.1, 0.15) is 40.3 Å². The Hall–Kier alpha value is -2.30. The Kier molecular flexibility index (Phi) is 7.32. The minimum absolute atomic E-state index is 0. The van der Waals surface area contributed by atoms with Crippen LogP contribution in [0.3, 0.4) is 0 Å². The third kappa shape index (κ3) is 5.13. The smallest absolute Gasteiger partial charge is 0.226 e. The summed E-state index contributed by atoms with van der Waals surface area (Å²) in [7, 11) is 0. The highest BCUT2D eigenvalue weighted by Crippen LogP contribution is 2.32. The number of ketones is 1. The first-order valence-electron chi connectivity index (χ1n) is 7.47. The molecule has 2 aromatic rings. The molecule has 2 rings (SSSR count). The summed E-state index contributed by atoms with van der Waals surface area (Å²) in [6, 6.07) is 5.59. The monoisotopic (exact) mass is 319 g/mol. The largest absolute Gasteiger partial charge is 0.490 e. The number of carbonyl (C=O) groups is 1. The second-order valence-corrected chi connectivity index (χ2v) is 4.87. The van der Waals surface area contributed by atoms with Crippen molar-refractivity contribution in [1.82, 2.24) is 4.98 Å². The highest BCUT2D eigenvalue weighted by Gasteiger charge is 2.12. The number of carbonyl (C=O) groups excluding carboxylic acids is 1. The van der Waals surface area contributed by atoms with Crippen LogP contribution < -0.4 is 9.47 Å². The van der Waals surface area contributed by atoms with Crippen LogP contribution in [-0.4, -0.2) is 24.0 Å². The lowest BCUT2D eigenvalue weighted by atomic mass is 10.2. The van der Waals surface area contributed by atoms with E-state index in [0.717, 1.165) is 11.3 Å². The number of Topliss-reactive ketones (excluding diaryl/α,β-unsaturated/α-hetero) is 1. The summed E-state index contributed by atoms with van der Waals surface area (Å²) < 4.78 is 16.6. The molecule has 126 valence electrons. The van der Waals surface area contributed by atoms with Crippen LogP contribution in [-0.2, 0) is 11.2 Å². The molecule has 0 atom stereocenters. The zero-order chi connectivity index (χ0) is 15.9. The van der Waals surface area contributed by atoms with E-state index in [-0.39, 0.29) is 13.2 Å². The van der Waals surface area contributed by atoms with Gasteiger partial charge in [0.15, 0.2) is 11.5 Å². The molecule has 0 N–H and O–H groups in total. The number of rotatable bonds is 8. The third-order valence-electron chi connectivity index (χ3n) is 3.08. The highest BCUT2D eigenvalue weighted by atomic mass is 16.5. The average molecular weight is 319 g/mol. The number of aromatic nitrogens is 1. The maximum absolute atomic E-state index is 11.0. The van der Waals surface area contributed by atoms with Crippen molar-refractivity contribution in [3.63, 3.8) is 0 Å². The second-order valence-electron chi connectivity index (χ2n) is 4.87. The zero-order valence-corrected chi connectivity index (χ0v) is 13.2. The quantitative estimate of drug-likeness (QED) is 0.726. The van der Waals surface area contributed by atoms with Gasteiger partial charge in [-0.1, -0.05) is 7.43 Å². The molecule has 0 aliphatic carbocycles. The molecule has 0 unspecified atom stereocenters.